The largest absolute Gasteiger partial charge is 0.422 e. The van der Waals surface area contributed by atoms with Gasteiger partial charge in [-0.1, -0.05) is 11.6 Å². The molecule has 0 saturated carbocycles. The molecule has 18 heavy (non-hydrogen) atoms. The maximum absolute atomic E-state index is 11.8. The first-order valence-corrected chi connectivity index (χ1v) is 5.61. The van der Waals surface area contributed by atoms with Crippen LogP contribution in [0.25, 0.3) is 22.1 Å². The van der Waals surface area contributed by atoms with Crippen molar-refractivity contribution in [1.29, 1.82) is 0 Å². The Labute approximate surface area is 107 Å². The Kier molecular flexibility index (Phi) is 2.57. The SMILES string of the molecule is O=c1oc(-c2ccnc(Cl)c2)cc2cnccc12. The molecule has 0 bridgehead atoms. The number of rotatable bonds is 1. The van der Waals surface area contributed by atoms with E-state index in [9.17, 15) is 4.79 Å². The molecule has 5 heteroatoms. The number of hydrogen-bond acceptors (Lipinski definition) is 4. The minimum Gasteiger partial charge on any atom is -0.422 e. The van der Waals surface area contributed by atoms with Crippen LogP contribution in [0.1, 0.15) is 0 Å². The van der Waals surface area contributed by atoms with Gasteiger partial charge in [-0.25, -0.2) is 9.78 Å². The van der Waals surface area contributed by atoms with Gasteiger partial charge in [0.15, 0.2) is 0 Å². The first-order valence-electron chi connectivity index (χ1n) is 5.24. The summed E-state index contributed by atoms with van der Waals surface area (Å²) in [6.45, 7) is 0. The smallest absolute Gasteiger partial charge is 0.344 e. The van der Waals surface area contributed by atoms with E-state index in [1.54, 1.807) is 42.9 Å². The van der Waals surface area contributed by atoms with Crippen LogP contribution in [0.2, 0.25) is 5.15 Å². The quantitative estimate of drug-likeness (QED) is 0.630. The van der Waals surface area contributed by atoms with Crippen molar-refractivity contribution in [2.75, 3.05) is 0 Å². The molecule has 4 nitrogen and oxygen atoms in total. The third-order valence-electron chi connectivity index (χ3n) is 2.57. The van der Waals surface area contributed by atoms with Crippen LogP contribution < -0.4 is 5.63 Å². The van der Waals surface area contributed by atoms with Crippen molar-refractivity contribution in [2.24, 2.45) is 0 Å². The van der Waals surface area contributed by atoms with Crippen LogP contribution in [0.5, 0.6) is 0 Å². The molecule has 0 radical (unpaired) electrons. The van der Waals surface area contributed by atoms with Gasteiger partial charge < -0.3 is 4.42 Å². The minimum absolute atomic E-state index is 0.349. The van der Waals surface area contributed by atoms with Gasteiger partial charge in [0.1, 0.15) is 10.9 Å². The normalized spacial score (nSPS) is 10.7. The summed E-state index contributed by atoms with van der Waals surface area (Å²) in [6.07, 6.45) is 4.74. The Balaban J connectivity index is 2.28. The van der Waals surface area contributed by atoms with E-state index in [1.807, 2.05) is 0 Å². The van der Waals surface area contributed by atoms with Crippen LogP contribution in [0.3, 0.4) is 0 Å². The van der Waals surface area contributed by atoms with Gasteiger partial charge in [-0.2, -0.15) is 0 Å². The molecule has 0 spiro atoms. The number of pyridine rings is 2. The molecule has 3 aromatic heterocycles. The summed E-state index contributed by atoms with van der Waals surface area (Å²) in [4.78, 5) is 19.7. The second-order valence-corrected chi connectivity index (χ2v) is 4.12. The van der Waals surface area contributed by atoms with Crippen molar-refractivity contribution < 1.29 is 4.42 Å². The van der Waals surface area contributed by atoms with Gasteiger partial charge in [0.2, 0.25) is 0 Å². The van der Waals surface area contributed by atoms with Crippen LogP contribution >= 0.6 is 11.6 Å². The number of fused-ring (bicyclic) bond motifs is 1. The van der Waals surface area contributed by atoms with E-state index in [-0.39, 0.29) is 0 Å². The highest BCUT2D eigenvalue weighted by atomic mass is 35.5. The summed E-state index contributed by atoms with van der Waals surface area (Å²) in [5.74, 6) is 0.449. The van der Waals surface area contributed by atoms with Crippen molar-refractivity contribution in [3.63, 3.8) is 0 Å². The second kappa shape index (κ2) is 4.23. The van der Waals surface area contributed by atoms with Crippen molar-refractivity contribution in [3.8, 4) is 11.3 Å². The third-order valence-corrected chi connectivity index (χ3v) is 2.78. The molecule has 3 aromatic rings. The molecule has 0 unspecified atom stereocenters. The van der Waals surface area contributed by atoms with Crippen LogP contribution in [-0.4, -0.2) is 9.97 Å². The van der Waals surface area contributed by atoms with Crippen molar-refractivity contribution in [2.45, 2.75) is 0 Å². The lowest BCUT2D eigenvalue weighted by Crippen LogP contribution is -2.00. The fourth-order valence-electron chi connectivity index (χ4n) is 1.73. The van der Waals surface area contributed by atoms with Crippen molar-refractivity contribution in [1.82, 2.24) is 9.97 Å². The Morgan fingerprint density at radius 1 is 1.17 bits per heavy atom. The van der Waals surface area contributed by atoms with Gasteiger partial charge in [-0.15, -0.1) is 0 Å². The summed E-state index contributed by atoms with van der Waals surface area (Å²) in [7, 11) is 0. The molecule has 88 valence electrons. The molecular formula is C13H7ClN2O2. The highest BCUT2D eigenvalue weighted by molar-refractivity contribution is 6.29. The summed E-state index contributed by atoms with van der Waals surface area (Å²) in [5.41, 5.74) is 0.315. The Bertz CT molecular complexity index is 783. The molecule has 0 aliphatic heterocycles. The Morgan fingerprint density at radius 2 is 2.06 bits per heavy atom. The van der Waals surface area contributed by atoms with Gasteiger partial charge >= 0.3 is 5.63 Å². The molecular weight excluding hydrogens is 252 g/mol. The average molecular weight is 259 g/mol. The van der Waals surface area contributed by atoms with E-state index < -0.39 is 5.63 Å². The predicted octanol–water partition coefficient (Wildman–Crippen LogP) is 2.90. The zero-order valence-electron chi connectivity index (χ0n) is 9.13. The molecule has 0 saturated heterocycles. The number of nitrogens with zero attached hydrogens (tertiary/aromatic N) is 2. The average Bonchev–Trinajstić information content (AvgIpc) is 2.39. The number of halogens is 1. The standard InChI is InChI=1S/C13H7ClN2O2/c14-12-6-8(1-4-16-12)11-5-9-7-15-3-2-10(9)13(17)18-11/h1-7H. The van der Waals surface area contributed by atoms with E-state index in [4.69, 9.17) is 16.0 Å². The topological polar surface area (TPSA) is 56.0 Å². The Morgan fingerprint density at radius 3 is 2.89 bits per heavy atom. The molecule has 0 aliphatic carbocycles. The fourth-order valence-corrected chi connectivity index (χ4v) is 1.91. The molecule has 0 atom stereocenters. The first kappa shape index (κ1) is 10.9. The van der Waals surface area contributed by atoms with E-state index in [0.29, 0.717) is 21.9 Å². The number of aromatic nitrogens is 2. The van der Waals surface area contributed by atoms with Gasteiger partial charge in [0, 0.05) is 29.5 Å². The van der Waals surface area contributed by atoms with Crippen LogP contribution in [0.4, 0.5) is 0 Å². The third kappa shape index (κ3) is 1.87. The van der Waals surface area contributed by atoms with E-state index >= 15 is 0 Å². The summed E-state index contributed by atoms with van der Waals surface area (Å²) in [6, 6.07) is 6.76. The molecule has 0 fully saturated rings. The maximum Gasteiger partial charge on any atom is 0.344 e. The van der Waals surface area contributed by atoms with E-state index in [2.05, 4.69) is 9.97 Å². The number of hydrogen-bond donors (Lipinski definition) is 0. The van der Waals surface area contributed by atoms with Crippen molar-refractivity contribution in [3.05, 3.63) is 58.4 Å². The lowest BCUT2D eigenvalue weighted by Gasteiger charge is -2.02. The van der Waals surface area contributed by atoms with Gasteiger partial charge in [0.05, 0.1) is 5.39 Å². The molecule has 3 heterocycles. The molecule has 0 aliphatic rings. The first-order chi connectivity index (χ1) is 8.74. The van der Waals surface area contributed by atoms with E-state index in [0.717, 1.165) is 5.39 Å². The molecule has 3 rings (SSSR count). The Hall–Kier alpha value is -2.20. The molecule has 0 N–H and O–H groups in total. The van der Waals surface area contributed by atoms with Gasteiger partial charge in [-0.05, 0) is 24.3 Å². The van der Waals surface area contributed by atoms with E-state index in [1.165, 1.54) is 0 Å². The van der Waals surface area contributed by atoms with Crippen LogP contribution in [0, 0.1) is 0 Å². The van der Waals surface area contributed by atoms with Crippen molar-refractivity contribution >= 4 is 22.4 Å². The lowest BCUT2D eigenvalue weighted by molar-refractivity contribution is 0.534. The summed E-state index contributed by atoms with van der Waals surface area (Å²) in [5, 5.41) is 1.59. The zero-order chi connectivity index (χ0) is 12.5. The molecule has 0 amide bonds. The van der Waals surface area contributed by atoms with Crippen LogP contribution in [0.15, 0.2) is 52.1 Å². The fraction of sp³-hybridized carbons (Fsp3) is 0. The van der Waals surface area contributed by atoms with Gasteiger partial charge in [-0.3, -0.25) is 4.98 Å². The summed E-state index contributed by atoms with van der Waals surface area (Å²) >= 11 is 5.81. The van der Waals surface area contributed by atoms with Crippen LogP contribution in [-0.2, 0) is 0 Å². The summed E-state index contributed by atoms with van der Waals surface area (Å²) < 4.78 is 5.26. The zero-order valence-corrected chi connectivity index (χ0v) is 9.89. The highest BCUT2D eigenvalue weighted by Crippen LogP contribution is 2.22. The van der Waals surface area contributed by atoms with Gasteiger partial charge in [0.25, 0.3) is 0 Å². The monoisotopic (exact) mass is 258 g/mol. The second-order valence-electron chi connectivity index (χ2n) is 3.73. The predicted molar refractivity (Wildman–Crippen MR) is 68.5 cm³/mol. The molecule has 0 aromatic carbocycles. The minimum atomic E-state index is -0.391. The lowest BCUT2D eigenvalue weighted by atomic mass is 10.1. The highest BCUT2D eigenvalue weighted by Gasteiger charge is 2.07. The maximum atomic E-state index is 11.8.